The predicted octanol–water partition coefficient (Wildman–Crippen LogP) is 4.15. The highest BCUT2D eigenvalue weighted by Gasteiger charge is 2.46. The molecule has 35 heavy (non-hydrogen) atoms. The van der Waals surface area contributed by atoms with E-state index in [0.717, 1.165) is 12.0 Å². The van der Waals surface area contributed by atoms with Crippen LogP contribution in [0.4, 0.5) is 4.79 Å². The molecule has 2 atom stereocenters. The molecule has 2 aromatic rings. The minimum Gasteiger partial charge on any atom is -0.336 e. The van der Waals surface area contributed by atoms with Gasteiger partial charge < -0.3 is 15.1 Å². The van der Waals surface area contributed by atoms with Crippen molar-refractivity contribution in [1.29, 1.82) is 0 Å². The lowest BCUT2D eigenvalue weighted by molar-refractivity contribution is -0.143. The first-order valence-corrected chi connectivity index (χ1v) is 12.5. The second kappa shape index (κ2) is 9.21. The third-order valence-electron chi connectivity index (χ3n) is 7.11. The van der Waals surface area contributed by atoms with Crippen LogP contribution in [0, 0.1) is 0 Å². The highest BCUT2D eigenvalue weighted by molar-refractivity contribution is 6.35. The second-order valence-electron chi connectivity index (χ2n) is 9.04. The molecule has 3 aliphatic heterocycles. The summed E-state index contributed by atoms with van der Waals surface area (Å²) in [5.41, 5.74) is 4.04. The van der Waals surface area contributed by atoms with Crippen molar-refractivity contribution in [2.24, 2.45) is 0 Å². The lowest BCUT2D eigenvalue weighted by Gasteiger charge is -2.34. The minimum absolute atomic E-state index is 0.101. The average molecular weight is 513 g/mol. The Bertz CT molecular complexity index is 1260. The highest BCUT2D eigenvalue weighted by Crippen LogP contribution is 2.40. The molecule has 0 bridgehead atoms. The van der Waals surface area contributed by atoms with Crippen LogP contribution < -0.4 is 5.32 Å². The molecule has 5 rings (SSSR count). The molecular weight excluding hydrogens is 487 g/mol. The Morgan fingerprint density at radius 2 is 1.86 bits per heavy atom. The van der Waals surface area contributed by atoms with Crippen molar-refractivity contribution >= 4 is 41.0 Å². The number of fused-ring (bicyclic) bond motifs is 1. The van der Waals surface area contributed by atoms with Crippen molar-refractivity contribution in [2.45, 2.75) is 38.9 Å². The number of nitrogens with one attached hydrogen (secondary N) is 1. The van der Waals surface area contributed by atoms with E-state index in [1.54, 1.807) is 34.9 Å². The monoisotopic (exact) mass is 512 g/mol. The maximum absolute atomic E-state index is 13.7. The smallest absolute Gasteiger partial charge is 0.322 e. The van der Waals surface area contributed by atoms with Gasteiger partial charge in [0.05, 0.1) is 23.9 Å². The van der Waals surface area contributed by atoms with E-state index in [4.69, 9.17) is 23.2 Å². The van der Waals surface area contributed by atoms with Gasteiger partial charge in [0.1, 0.15) is 6.04 Å². The van der Waals surface area contributed by atoms with Gasteiger partial charge in [-0.25, -0.2) is 4.79 Å². The van der Waals surface area contributed by atoms with Crippen LogP contribution in [0.2, 0.25) is 10.0 Å². The molecule has 2 unspecified atom stereocenters. The number of carbonyl (C=O) groups excluding carboxylic acids is 3. The predicted molar refractivity (Wildman–Crippen MR) is 134 cm³/mol. The summed E-state index contributed by atoms with van der Waals surface area (Å²) in [6, 6.07) is 11.4. The van der Waals surface area contributed by atoms with Crippen molar-refractivity contribution in [1.82, 2.24) is 20.0 Å². The first-order chi connectivity index (χ1) is 16.8. The third kappa shape index (κ3) is 4.06. The summed E-state index contributed by atoms with van der Waals surface area (Å²) >= 11 is 12.5. The number of likely N-dealkylation sites (N-methyl/N-ethyl adjacent to an activating group) is 1. The van der Waals surface area contributed by atoms with Crippen LogP contribution in [0.15, 0.2) is 53.7 Å². The van der Waals surface area contributed by atoms with E-state index >= 15 is 0 Å². The zero-order valence-corrected chi connectivity index (χ0v) is 21.1. The number of hydrogen-bond donors (Lipinski definition) is 1. The zero-order valence-electron chi connectivity index (χ0n) is 19.6. The molecule has 0 saturated carbocycles. The Morgan fingerprint density at radius 3 is 2.57 bits per heavy atom. The fraction of sp³-hybridized carbons (Fsp3) is 0.346. The molecule has 1 N–H and O–H groups in total. The average Bonchev–Trinajstić information content (AvgIpc) is 3.19. The Balaban J connectivity index is 1.43. The Hall–Kier alpha value is -3.03. The van der Waals surface area contributed by atoms with Gasteiger partial charge in [0.2, 0.25) is 5.91 Å². The standard InChI is InChI=1S/C26H26Cl2N4O3/c1-3-31-21-14-32(15(2)24(33)30-11-10-16-6-4-5-7-17(16)13-30)25(34)22(21)23(29-26(31)35)19-9-8-18(27)12-20(19)28/h4-9,12,15,23H,3,10-11,13-14H2,1-2H3,(H,29,35). The van der Waals surface area contributed by atoms with E-state index in [1.165, 1.54) is 5.56 Å². The summed E-state index contributed by atoms with van der Waals surface area (Å²) in [4.78, 5) is 45.1. The molecular formula is C26H26Cl2N4O3. The van der Waals surface area contributed by atoms with Gasteiger partial charge in [-0.3, -0.25) is 14.5 Å². The van der Waals surface area contributed by atoms with E-state index in [9.17, 15) is 14.4 Å². The van der Waals surface area contributed by atoms with Crippen LogP contribution in [0.5, 0.6) is 0 Å². The lowest BCUT2D eigenvalue weighted by atomic mass is 9.95. The summed E-state index contributed by atoms with van der Waals surface area (Å²) in [6.45, 7) is 5.34. The molecule has 7 nitrogen and oxygen atoms in total. The summed E-state index contributed by atoms with van der Waals surface area (Å²) in [6.07, 6.45) is 0.788. The molecule has 182 valence electrons. The summed E-state index contributed by atoms with van der Waals surface area (Å²) < 4.78 is 0. The molecule has 3 aliphatic rings. The van der Waals surface area contributed by atoms with Gasteiger partial charge in [-0.1, -0.05) is 53.5 Å². The van der Waals surface area contributed by atoms with E-state index in [1.807, 2.05) is 30.0 Å². The summed E-state index contributed by atoms with van der Waals surface area (Å²) in [7, 11) is 0. The van der Waals surface area contributed by atoms with Gasteiger partial charge in [0.15, 0.2) is 0 Å². The number of halogens is 2. The van der Waals surface area contributed by atoms with Crippen LogP contribution >= 0.6 is 23.2 Å². The quantitative estimate of drug-likeness (QED) is 0.668. The number of rotatable bonds is 4. The van der Waals surface area contributed by atoms with Gasteiger partial charge >= 0.3 is 6.03 Å². The molecule has 0 aliphatic carbocycles. The highest BCUT2D eigenvalue weighted by atomic mass is 35.5. The van der Waals surface area contributed by atoms with Gasteiger partial charge in [-0.05, 0) is 49.1 Å². The Labute approximate surface area is 214 Å². The van der Waals surface area contributed by atoms with Gasteiger partial charge in [0.25, 0.3) is 5.91 Å². The third-order valence-corrected chi connectivity index (χ3v) is 7.67. The molecule has 0 saturated heterocycles. The molecule has 4 amide bonds. The summed E-state index contributed by atoms with van der Waals surface area (Å²) in [5, 5.41) is 3.75. The summed E-state index contributed by atoms with van der Waals surface area (Å²) in [5.74, 6) is -0.371. The van der Waals surface area contributed by atoms with Crippen molar-refractivity contribution in [2.75, 3.05) is 19.6 Å². The molecule has 0 spiro atoms. The van der Waals surface area contributed by atoms with Crippen molar-refractivity contribution in [3.63, 3.8) is 0 Å². The molecule has 2 aromatic carbocycles. The number of urea groups is 1. The van der Waals surface area contributed by atoms with Gasteiger partial charge in [0, 0.05) is 29.7 Å². The number of carbonyl (C=O) groups is 3. The molecule has 0 fully saturated rings. The van der Waals surface area contributed by atoms with Crippen LogP contribution in [0.25, 0.3) is 0 Å². The van der Waals surface area contributed by atoms with E-state index in [2.05, 4.69) is 11.4 Å². The SMILES string of the molecule is CCN1C(=O)NC(c2ccc(Cl)cc2Cl)C2=C1CN(C(C)C(=O)N1CCc3ccccc3C1)C2=O. The fourth-order valence-electron chi connectivity index (χ4n) is 5.21. The van der Waals surface area contributed by atoms with Crippen LogP contribution in [0.1, 0.15) is 36.6 Å². The van der Waals surface area contributed by atoms with Gasteiger partial charge in [-0.2, -0.15) is 0 Å². The molecule has 9 heteroatoms. The lowest BCUT2D eigenvalue weighted by Crippen LogP contribution is -2.49. The number of nitrogens with zero attached hydrogens (tertiary/aromatic N) is 3. The number of benzene rings is 2. The van der Waals surface area contributed by atoms with Crippen LogP contribution in [-0.2, 0) is 22.6 Å². The van der Waals surface area contributed by atoms with E-state index in [0.29, 0.717) is 46.5 Å². The van der Waals surface area contributed by atoms with E-state index in [-0.39, 0.29) is 24.4 Å². The minimum atomic E-state index is -0.716. The van der Waals surface area contributed by atoms with Crippen molar-refractivity contribution in [3.05, 3.63) is 80.5 Å². The van der Waals surface area contributed by atoms with E-state index < -0.39 is 12.1 Å². The zero-order chi connectivity index (χ0) is 24.9. The van der Waals surface area contributed by atoms with Crippen molar-refractivity contribution < 1.29 is 14.4 Å². The maximum Gasteiger partial charge on any atom is 0.322 e. The molecule has 0 aromatic heterocycles. The Morgan fingerprint density at radius 1 is 1.11 bits per heavy atom. The van der Waals surface area contributed by atoms with Crippen LogP contribution in [0.3, 0.4) is 0 Å². The second-order valence-corrected chi connectivity index (χ2v) is 9.88. The fourth-order valence-corrected chi connectivity index (χ4v) is 5.73. The molecule has 3 heterocycles. The van der Waals surface area contributed by atoms with Crippen molar-refractivity contribution in [3.8, 4) is 0 Å². The maximum atomic E-state index is 13.7. The van der Waals surface area contributed by atoms with Gasteiger partial charge in [-0.15, -0.1) is 0 Å². The largest absolute Gasteiger partial charge is 0.336 e. The normalized spacial score (nSPS) is 20.6. The Kier molecular flexibility index (Phi) is 6.23. The number of hydrogen-bond acceptors (Lipinski definition) is 3. The number of amides is 4. The van der Waals surface area contributed by atoms with Crippen LogP contribution in [-0.4, -0.2) is 58.2 Å². The first-order valence-electron chi connectivity index (χ1n) is 11.7. The first kappa shape index (κ1) is 23.7. The topological polar surface area (TPSA) is 73.0 Å². The molecule has 0 radical (unpaired) electrons.